The Hall–Kier alpha value is -2.47. The van der Waals surface area contributed by atoms with Gasteiger partial charge >= 0.3 is 0 Å². The second-order valence-corrected chi connectivity index (χ2v) is 7.37. The Labute approximate surface area is 166 Å². The Morgan fingerprint density at radius 2 is 2.18 bits per heavy atom. The fourth-order valence-electron chi connectivity index (χ4n) is 3.79. The van der Waals surface area contributed by atoms with Crippen molar-refractivity contribution in [1.29, 1.82) is 0 Å². The van der Waals surface area contributed by atoms with Crippen molar-refractivity contribution in [3.63, 3.8) is 0 Å². The minimum absolute atomic E-state index is 0.0878. The van der Waals surface area contributed by atoms with Crippen LogP contribution in [0.1, 0.15) is 36.8 Å². The van der Waals surface area contributed by atoms with Crippen LogP contribution in [-0.4, -0.2) is 38.1 Å². The van der Waals surface area contributed by atoms with Gasteiger partial charge in [0.05, 0.1) is 26.7 Å². The second-order valence-electron chi connectivity index (χ2n) is 7.37. The summed E-state index contributed by atoms with van der Waals surface area (Å²) in [5, 5.41) is 3.01. The first kappa shape index (κ1) is 20.3. The van der Waals surface area contributed by atoms with Gasteiger partial charge in [0.25, 0.3) is 0 Å². The van der Waals surface area contributed by atoms with E-state index in [0.717, 1.165) is 43.1 Å². The van der Waals surface area contributed by atoms with E-state index in [4.69, 9.17) is 13.9 Å². The molecule has 0 unspecified atom stereocenters. The van der Waals surface area contributed by atoms with Crippen LogP contribution in [-0.2, 0) is 17.9 Å². The molecule has 0 aliphatic carbocycles. The second kappa shape index (κ2) is 10.2. The fraction of sp³-hybridized carbons (Fsp3) is 0.500. The maximum absolute atomic E-state index is 12.3. The third-order valence-electron chi connectivity index (χ3n) is 5.34. The molecule has 1 atom stereocenters. The summed E-state index contributed by atoms with van der Waals surface area (Å²) < 4.78 is 15.8. The highest BCUT2D eigenvalue weighted by Gasteiger charge is 2.21. The highest BCUT2D eigenvalue weighted by Crippen LogP contribution is 2.25. The Balaban J connectivity index is 1.41. The van der Waals surface area contributed by atoms with E-state index < -0.39 is 0 Å². The number of nitrogens with one attached hydrogen (secondary N) is 1. The van der Waals surface area contributed by atoms with Crippen molar-refractivity contribution in [3.8, 4) is 11.5 Å². The number of ether oxygens (including phenoxy) is 2. The predicted molar refractivity (Wildman–Crippen MR) is 107 cm³/mol. The highest BCUT2D eigenvalue weighted by atomic mass is 16.5. The van der Waals surface area contributed by atoms with Gasteiger partial charge in [-0.2, -0.15) is 0 Å². The molecule has 2 aromatic rings. The van der Waals surface area contributed by atoms with Gasteiger partial charge in [-0.15, -0.1) is 0 Å². The molecule has 6 heteroatoms. The lowest BCUT2D eigenvalue weighted by molar-refractivity contribution is -0.121. The van der Waals surface area contributed by atoms with Crippen LogP contribution in [0.4, 0.5) is 0 Å². The molecule has 0 bridgehead atoms. The average Bonchev–Trinajstić information content (AvgIpc) is 3.23. The van der Waals surface area contributed by atoms with Crippen molar-refractivity contribution < 1.29 is 18.7 Å². The van der Waals surface area contributed by atoms with Crippen LogP contribution < -0.4 is 14.8 Å². The quantitative estimate of drug-likeness (QED) is 0.713. The monoisotopic (exact) mass is 386 g/mol. The summed E-state index contributed by atoms with van der Waals surface area (Å²) in [5.74, 6) is 2.12. The van der Waals surface area contributed by atoms with Crippen LogP contribution in [0.5, 0.6) is 11.5 Å². The van der Waals surface area contributed by atoms with Crippen LogP contribution in [0.2, 0.25) is 0 Å². The van der Waals surface area contributed by atoms with E-state index in [2.05, 4.69) is 10.2 Å². The lowest BCUT2D eigenvalue weighted by Crippen LogP contribution is -2.35. The first-order valence-electron chi connectivity index (χ1n) is 9.89. The number of nitrogens with zero attached hydrogens (tertiary/aromatic N) is 1. The summed E-state index contributed by atoms with van der Waals surface area (Å²) in [5.41, 5.74) is 2.16. The molecule has 1 aromatic carbocycles. The lowest BCUT2D eigenvalue weighted by atomic mass is 9.93. The molecule has 0 saturated carbocycles. The summed E-state index contributed by atoms with van der Waals surface area (Å²) in [7, 11) is 3.25. The predicted octanol–water partition coefficient (Wildman–Crippen LogP) is 3.61. The average molecular weight is 386 g/mol. The van der Waals surface area contributed by atoms with E-state index >= 15 is 0 Å². The first-order chi connectivity index (χ1) is 13.7. The fourth-order valence-corrected chi connectivity index (χ4v) is 3.79. The van der Waals surface area contributed by atoms with E-state index in [1.54, 1.807) is 20.5 Å². The van der Waals surface area contributed by atoms with Crippen LogP contribution >= 0.6 is 0 Å². The molecule has 6 nitrogen and oxygen atoms in total. The van der Waals surface area contributed by atoms with Gasteiger partial charge in [-0.3, -0.25) is 9.69 Å². The van der Waals surface area contributed by atoms with Crippen LogP contribution in [0.15, 0.2) is 41.2 Å². The zero-order valence-corrected chi connectivity index (χ0v) is 16.8. The van der Waals surface area contributed by atoms with Crippen LogP contribution in [0.3, 0.4) is 0 Å². The van der Waals surface area contributed by atoms with Crippen molar-refractivity contribution in [2.24, 2.45) is 5.92 Å². The molecular formula is C22H30N2O4. The van der Waals surface area contributed by atoms with Crippen molar-refractivity contribution >= 4 is 5.91 Å². The summed E-state index contributed by atoms with van der Waals surface area (Å²) in [4.78, 5) is 14.8. The highest BCUT2D eigenvalue weighted by molar-refractivity contribution is 5.75. The number of likely N-dealkylation sites (tertiary alicyclic amines) is 1. The Morgan fingerprint density at radius 3 is 2.93 bits per heavy atom. The molecule has 152 valence electrons. The molecule has 3 rings (SSSR count). The van der Waals surface area contributed by atoms with E-state index in [1.165, 1.54) is 18.4 Å². The van der Waals surface area contributed by atoms with Gasteiger partial charge in [0.15, 0.2) is 0 Å². The number of piperidine rings is 1. The Morgan fingerprint density at radius 1 is 1.29 bits per heavy atom. The van der Waals surface area contributed by atoms with Crippen molar-refractivity contribution in [2.45, 2.75) is 38.8 Å². The molecular weight excluding hydrogens is 356 g/mol. The minimum atomic E-state index is 0.0878. The van der Waals surface area contributed by atoms with Gasteiger partial charge in [0, 0.05) is 43.2 Å². The van der Waals surface area contributed by atoms with E-state index in [0.29, 0.717) is 18.9 Å². The molecule has 28 heavy (non-hydrogen) atoms. The number of hydrogen-bond donors (Lipinski definition) is 1. The van der Waals surface area contributed by atoms with Crippen molar-refractivity contribution in [1.82, 2.24) is 10.2 Å². The summed E-state index contributed by atoms with van der Waals surface area (Å²) in [6, 6.07) is 7.65. The van der Waals surface area contributed by atoms with E-state index in [-0.39, 0.29) is 5.91 Å². The van der Waals surface area contributed by atoms with Gasteiger partial charge < -0.3 is 19.2 Å². The number of benzene rings is 1. The third kappa shape index (κ3) is 5.76. The van der Waals surface area contributed by atoms with Gasteiger partial charge in [0.1, 0.15) is 11.5 Å². The number of hydrogen-bond acceptors (Lipinski definition) is 5. The molecule has 1 aromatic heterocycles. The van der Waals surface area contributed by atoms with Crippen LogP contribution in [0.25, 0.3) is 0 Å². The zero-order valence-electron chi connectivity index (χ0n) is 16.8. The van der Waals surface area contributed by atoms with Gasteiger partial charge in [-0.25, -0.2) is 0 Å². The van der Waals surface area contributed by atoms with E-state index in [9.17, 15) is 4.79 Å². The summed E-state index contributed by atoms with van der Waals surface area (Å²) in [6.45, 7) is 3.55. The number of furan rings is 1. The number of rotatable bonds is 9. The molecule has 1 N–H and O–H groups in total. The molecule has 1 amide bonds. The van der Waals surface area contributed by atoms with Gasteiger partial charge in [-0.1, -0.05) is 0 Å². The first-order valence-corrected chi connectivity index (χ1v) is 9.89. The molecule has 1 saturated heterocycles. The summed E-state index contributed by atoms with van der Waals surface area (Å²) in [6.07, 6.45) is 7.40. The molecule has 1 fully saturated rings. The number of amides is 1. The number of carbonyl (C=O) groups excluding carboxylic acids is 1. The standard InChI is InChI=1S/C22H30N2O4/c1-26-20-7-6-19(21(12-20)27-2)13-23-22(25)8-5-17-4-3-10-24(14-17)15-18-9-11-28-16-18/h6-7,9,11-12,16-17H,3-5,8,10,13-15H2,1-2H3,(H,23,25)/t17-/m0/s1. The molecule has 0 spiro atoms. The van der Waals surface area contributed by atoms with Gasteiger partial charge in [0.2, 0.25) is 5.91 Å². The largest absolute Gasteiger partial charge is 0.497 e. The van der Waals surface area contributed by atoms with Crippen molar-refractivity contribution in [3.05, 3.63) is 47.9 Å². The normalized spacial score (nSPS) is 17.3. The maximum Gasteiger partial charge on any atom is 0.220 e. The number of carbonyl (C=O) groups is 1. The van der Waals surface area contributed by atoms with Crippen LogP contribution in [0, 0.1) is 5.92 Å². The number of methoxy groups -OCH3 is 2. The minimum Gasteiger partial charge on any atom is -0.497 e. The third-order valence-corrected chi connectivity index (χ3v) is 5.34. The van der Waals surface area contributed by atoms with Crippen molar-refractivity contribution in [2.75, 3.05) is 27.3 Å². The maximum atomic E-state index is 12.3. The van der Waals surface area contributed by atoms with E-state index in [1.807, 2.05) is 30.5 Å². The molecule has 1 aliphatic rings. The van der Waals surface area contributed by atoms with Gasteiger partial charge in [-0.05, 0) is 49.9 Å². The zero-order chi connectivity index (χ0) is 19.8. The molecule has 2 heterocycles. The Kier molecular flexibility index (Phi) is 7.37. The SMILES string of the molecule is COc1ccc(CNC(=O)CC[C@@H]2CCCN(Cc3ccoc3)C2)c(OC)c1. The smallest absolute Gasteiger partial charge is 0.220 e. The Bertz CT molecular complexity index is 745. The summed E-state index contributed by atoms with van der Waals surface area (Å²) >= 11 is 0. The molecule has 1 aliphatic heterocycles. The lowest BCUT2D eigenvalue weighted by Gasteiger charge is -2.32. The topological polar surface area (TPSA) is 63.9 Å². The molecule has 0 radical (unpaired) electrons.